The van der Waals surface area contributed by atoms with Gasteiger partial charge in [-0.3, -0.25) is 4.99 Å². The molecule has 0 spiro atoms. The molecule has 27 heavy (non-hydrogen) atoms. The van der Waals surface area contributed by atoms with E-state index in [0.717, 1.165) is 68.8 Å². The molecule has 2 atom stereocenters. The average molecular weight is 380 g/mol. The predicted octanol–water partition coefficient (Wildman–Crippen LogP) is 2.37. The van der Waals surface area contributed by atoms with Crippen LogP contribution in [0.4, 0.5) is 0 Å². The summed E-state index contributed by atoms with van der Waals surface area (Å²) in [6, 6.07) is 5.79. The second kappa shape index (κ2) is 11.7. The Labute approximate surface area is 162 Å². The second-order valence-corrected chi connectivity index (χ2v) is 6.63. The summed E-state index contributed by atoms with van der Waals surface area (Å²) in [5.74, 6) is 2.92. The molecule has 0 amide bonds. The first kappa shape index (κ1) is 21.3. The van der Waals surface area contributed by atoms with Crippen molar-refractivity contribution in [3.05, 3.63) is 23.8 Å². The lowest BCUT2D eigenvalue weighted by atomic mass is 10.1. The fourth-order valence-electron chi connectivity index (χ4n) is 3.00. The number of nitrogens with one attached hydrogen (secondary N) is 2. The molecule has 2 unspecified atom stereocenters. The Balaban J connectivity index is 1.73. The minimum atomic E-state index is 0.0138. The summed E-state index contributed by atoms with van der Waals surface area (Å²) >= 11 is 0. The zero-order valence-corrected chi connectivity index (χ0v) is 16.9. The fourth-order valence-corrected chi connectivity index (χ4v) is 3.00. The third kappa shape index (κ3) is 6.92. The first-order chi connectivity index (χ1) is 13.2. The van der Waals surface area contributed by atoms with Crippen LogP contribution in [0.15, 0.2) is 23.2 Å². The van der Waals surface area contributed by atoms with Crippen LogP contribution in [-0.2, 0) is 9.47 Å². The van der Waals surface area contributed by atoms with Crippen molar-refractivity contribution < 1.29 is 18.9 Å². The van der Waals surface area contributed by atoms with Gasteiger partial charge in [-0.05, 0) is 38.0 Å². The molecule has 1 saturated heterocycles. The molecule has 152 valence electrons. The van der Waals surface area contributed by atoms with Gasteiger partial charge in [0.2, 0.25) is 0 Å². The van der Waals surface area contributed by atoms with Crippen molar-refractivity contribution in [2.45, 2.75) is 25.8 Å². The van der Waals surface area contributed by atoms with Gasteiger partial charge in [0.05, 0.1) is 33.5 Å². The molecule has 1 aliphatic heterocycles. The molecule has 0 saturated carbocycles. The Hall–Kier alpha value is -1.99. The van der Waals surface area contributed by atoms with Gasteiger partial charge in [-0.2, -0.15) is 0 Å². The smallest absolute Gasteiger partial charge is 0.191 e. The number of rotatable bonds is 10. The number of hydrogen-bond acceptors (Lipinski definition) is 5. The highest BCUT2D eigenvalue weighted by atomic mass is 16.5. The zero-order valence-electron chi connectivity index (χ0n) is 16.9. The van der Waals surface area contributed by atoms with Gasteiger partial charge in [0.15, 0.2) is 5.96 Å². The van der Waals surface area contributed by atoms with E-state index in [-0.39, 0.29) is 6.04 Å². The van der Waals surface area contributed by atoms with E-state index in [4.69, 9.17) is 18.9 Å². The Bertz CT molecular complexity index is 589. The van der Waals surface area contributed by atoms with Crippen molar-refractivity contribution in [1.29, 1.82) is 0 Å². The van der Waals surface area contributed by atoms with Crippen LogP contribution in [-0.4, -0.2) is 60.2 Å². The molecule has 7 heteroatoms. The zero-order chi connectivity index (χ0) is 19.5. The summed E-state index contributed by atoms with van der Waals surface area (Å²) in [6.45, 7) is 6.09. The molecule has 1 heterocycles. The summed E-state index contributed by atoms with van der Waals surface area (Å²) < 4.78 is 21.9. The molecule has 1 fully saturated rings. The van der Waals surface area contributed by atoms with Crippen LogP contribution >= 0.6 is 0 Å². The lowest BCUT2D eigenvalue weighted by Gasteiger charge is -2.21. The molecule has 2 N–H and O–H groups in total. The number of ether oxygens (including phenoxy) is 4. The third-order valence-electron chi connectivity index (χ3n) is 4.62. The van der Waals surface area contributed by atoms with Crippen molar-refractivity contribution >= 4 is 5.96 Å². The van der Waals surface area contributed by atoms with Crippen LogP contribution < -0.4 is 20.1 Å². The molecular weight excluding hydrogens is 346 g/mol. The van der Waals surface area contributed by atoms with E-state index in [1.807, 2.05) is 18.2 Å². The number of methoxy groups -OCH3 is 2. The molecule has 7 nitrogen and oxygen atoms in total. The number of aliphatic imine (C=N–C) groups is 1. The van der Waals surface area contributed by atoms with Crippen molar-refractivity contribution in [3.8, 4) is 11.5 Å². The number of nitrogens with zero attached hydrogens (tertiary/aromatic N) is 1. The highest BCUT2D eigenvalue weighted by Gasteiger charge is 2.16. The van der Waals surface area contributed by atoms with Crippen molar-refractivity contribution in [2.24, 2.45) is 10.9 Å². The van der Waals surface area contributed by atoms with Crippen LogP contribution in [0.1, 0.15) is 31.4 Å². The molecule has 0 aromatic heterocycles. The quantitative estimate of drug-likeness (QED) is 0.369. The van der Waals surface area contributed by atoms with Crippen molar-refractivity contribution in [3.63, 3.8) is 0 Å². The minimum Gasteiger partial charge on any atom is -0.497 e. The van der Waals surface area contributed by atoms with E-state index in [0.29, 0.717) is 5.92 Å². The van der Waals surface area contributed by atoms with Gasteiger partial charge in [0, 0.05) is 38.3 Å². The van der Waals surface area contributed by atoms with Crippen LogP contribution in [0.5, 0.6) is 11.5 Å². The molecule has 2 rings (SSSR count). The SMILES string of the molecule is CN=C(NCCCOCC1CCOC1)NC(C)c1cc(OC)ccc1OC. The maximum atomic E-state index is 5.73. The topological polar surface area (TPSA) is 73.3 Å². The molecule has 0 aliphatic carbocycles. The van der Waals surface area contributed by atoms with Gasteiger partial charge < -0.3 is 29.6 Å². The number of hydrogen-bond donors (Lipinski definition) is 2. The van der Waals surface area contributed by atoms with Crippen molar-refractivity contribution in [1.82, 2.24) is 10.6 Å². The van der Waals surface area contributed by atoms with E-state index in [1.54, 1.807) is 21.3 Å². The molecule has 1 aromatic rings. The Morgan fingerprint density at radius 2 is 2.19 bits per heavy atom. The molecular formula is C20H33N3O4. The monoisotopic (exact) mass is 379 g/mol. The lowest BCUT2D eigenvalue weighted by molar-refractivity contribution is 0.0888. The van der Waals surface area contributed by atoms with Gasteiger partial charge in [-0.25, -0.2) is 0 Å². The Morgan fingerprint density at radius 3 is 2.85 bits per heavy atom. The largest absolute Gasteiger partial charge is 0.497 e. The standard InChI is InChI=1S/C20H33N3O4/c1-15(18-12-17(24-3)6-7-19(18)25-4)23-20(21-2)22-9-5-10-26-13-16-8-11-27-14-16/h6-7,12,15-16H,5,8-11,13-14H2,1-4H3,(H2,21,22,23). The van der Waals surface area contributed by atoms with E-state index in [2.05, 4.69) is 22.5 Å². The van der Waals surface area contributed by atoms with E-state index in [1.165, 1.54) is 0 Å². The highest BCUT2D eigenvalue weighted by Crippen LogP contribution is 2.29. The minimum absolute atomic E-state index is 0.0138. The average Bonchev–Trinajstić information content (AvgIpc) is 3.22. The van der Waals surface area contributed by atoms with Crippen LogP contribution in [0.2, 0.25) is 0 Å². The highest BCUT2D eigenvalue weighted by molar-refractivity contribution is 5.80. The van der Waals surface area contributed by atoms with Crippen LogP contribution in [0.25, 0.3) is 0 Å². The van der Waals surface area contributed by atoms with E-state index in [9.17, 15) is 0 Å². The maximum Gasteiger partial charge on any atom is 0.191 e. The van der Waals surface area contributed by atoms with E-state index < -0.39 is 0 Å². The number of benzene rings is 1. The summed E-state index contributed by atoms with van der Waals surface area (Å²) in [5, 5.41) is 6.72. The Morgan fingerprint density at radius 1 is 1.33 bits per heavy atom. The summed E-state index contributed by atoms with van der Waals surface area (Å²) in [4.78, 5) is 4.30. The van der Waals surface area contributed by atoms with Crippen LogP contribution in [0, 0.1) is 5.92 Å². The van der Waals surface area contributed by atoms with Gasteiger partial charge in [-0.1, -0.05) is 0 Å². The van der Waals surface area contributed by atoms with Crippen molar-refractivity contribution in [2.75, 3.05) is 54.2 Å². The predicted molar refractivity (Wildman–Crippen MR) is 107 cm³/mol. The maximum absolute atomic E-state index is 5.73. The Kier molecular flexibility index (Phi) is 9.21. The second-order valence-electron chi connectivity index (χ2n) is 6.63. The van der Waals surface area contributed by atoms with Gasteiger partial charge in [-0.15, -0.1) is 0 Å². The fraction of sp³-hybridized carbons (Fsp3) is 0.650. The first-order valence-electron chi connectivity index (χ1n) is 9.52. The van der Waals surface area contributed by atoms with Crippen LogP contribution in [0.3, 0.4) is 0 Å². The van der Waals surface area contributed by atoms with Gasteiger partial charge >= 0.3 is 0 Å². The molecule has 0 bridgehead atoms. The van der Waals surface area contributed by atoms with E-state index >= 15 is 0 Å². The summed E-state index contributed by atoms with van der Waals surface area (Å²) in [6.07, 6.45) is 2.03. The lowest BCUT2D eigenvalue weighted by Crippen LogP contribution is -2.39. The van der Waals surface area contributed by atoms with Gasteiger partial charge in [0.25, 0.3) is 0 Å². The summed E-state index contributed by atoms with van der Waals surface area (Å²) in [5.41, 5.74) is 1.02. The van der Waals surface area contributed by atoms with Gasteiger partial charge in [0.1, 0.15) is 11.5 Å². The first-order valence-corrected chi connectivity index (χ1v) is 9.52. The molecule has 0 radical (unpaired) electrons. The molecule has 1 aliphatic rings. The third-order valence-corrected chi connectivity index (χ3v) is 4.62. The summed E-state index contributed by atoms with van der Waals surface area (Å²) in [7, 11) is 5.09. The molecule has 1 aromatic carbocycles. The normalized spacial score (nSPS) is 18.2. The number of guanidine groups is 1.